The number of aryl methyl sites for hydroxylation is 2. The molecule has 10 heteroatoms. The molecule has 0 aliphatic rings. The van der Waals surface area contributed by atoms with Gasteiger partial charge in [0.1, 0.15) is 5.01 Å². The second-order valence-corrected chi connectivity index (χ2v) is 7.64. The van der Waals surface area contributed by atoms with E-state index in [9.17, 15) is 9.59 Å². The molecule has 0 fully saturated rings. The summed E-state index contributed by atoms with van der Waals surface area (Å²) < 4.78 is 6.27. The molecule has 0 saturated heterocycles. The smallest absolute Gasteiger partial charge is 0.387 e. The van der Waals surface area contributed by atoms with Crippen molar-refractivity contribution < 1.29 is 9.21 Å². The Balaban J connectivity index is 1.51. The summed E-state index contributed by atoms with van der Waals surface area (Å²) in [6.45, 7) is 2.29. The summed E-state index contributed by atoms with van der Waals surface area (Å²) in [5, 5.41) is 18.2. The van der Waals surface area contributed by atoms with Gasteiger partial charge in [0.05, 0.1) is 11.4 Å². The van der Waals surface area contributed by atoms with Gasteiger partial charge in [-0.3, -0.25) is 4.79 Å². The third kappa shape index (κ3) is 4.85. The van der Waals surface area contributed by atoms with Gasteiger partial charge in [-0.15, -0.1) is 26.6 Å². The molecule has 1 N–H and O–H groups in total. The van der Waals surface area contributed by atoms with Crippen molar-refractivity contribution >= 4 is 33.7 Å². The van der Waals surface area contributed by atoms with Crippen molar-refractivity contribution in [1.29, 1.82) is 0 Å². The minimum absolute atomic E-state index is 0.0983. The molecule has 0 spiro atoms. The van der Waals surface area contributed by atoms with E-state index in [2.05, 4.69) is 27.5 Å². The SMILES string of the molecule is CCCCCc1nnc(NC(=O)CCn2nc(-c3cccs3)oc2=O)s1. The summed E-state index contributed by atoms with van der Waals surface area (Å²) in [4.78, 5) is 24.7. The standard InChI is InChI=1S/C16H19N5O3S2/c1-2-3-4-7-13-18-19-15(26-13)17-12(22)8-9-21-16(23)24-14(20-21)11-6-5-10-25-11/h5-6,10H,2-4,7-9H2,1H3,(H,17,19,22). The number of rotatable bonds is 9. The molecule has 0 unspecified atom stereocenters. The minimum atomic E-state index is -0.574. The van der Waals surface area contributed by atoms with E-state index >= 15 is 0 Å². The number of hydrogen-bond acceptors (Lipinski definition) is 8. The Morgan fingerprint density at radius 3 is 3.00 bits per heavy atom. The molecule has 3 rings (SSSR count). The lowest BCUT2D eigenvalue weighted by atomic mass is 10.2. The zero-order valence-corrected chi connectivity index (χ0v) is 15.9. The van der Waals surface area contributed by atoms with E-state index in [4.69, 9.17) is 4.42 Å². The Kier molecular flexibility index (Phi) is 6.29. The molecular weight excluding hydrogens is 374 g/mol. The van der Waals surface area contributed by atoms with Gasteiger partial charge in [0.2, 0.25) is 11.0 Å². The van der Waals surface area contributed by atoms with Gasteiger partial charge in [-0.05, 0) is 17.9 Å². The van der Waals surface area contributed by atoms with Crippen LogP contribution in [-0.2, 0) is 17.8 Å². The molecule has 3 aromatic heterocycles. The predicted molar refractivity (Wildman–Crippen MR) is 100 cm³/mol. The number of thiophene rings is 1. The van der Waals surface area contributed by atoms with Gasteiger partial charge in [0.15, 0.2) is 0 Å². The van der Waals surface area contributed by atoms with Gasteiger partial charge in [-0.2, -0.15) is 4.68 Å². The fraction of sp³-hybridized carbons (Fsp3) is 0.438. The second-order valence-electron chi connectivity index (χ2n) is 5.63. The molecule has 3 heterocycles. The Morgan fingerprint density at radius 2 is 2.23 bits per heavy atom. The topological polar surface area (TPSA) is 103 Å². The molecule has 0 aromatic carbocycles. The van der Waals surface area contributed by atoms with Crippen LogP contribution in [0.15, 0.2) is 26.7 Å². The highest BCUT2D eigenvalue weighted by Gasteiger charge is 2.13. The first kappa shape index (κ1) is 18.5. The molecule has 0 atom stereocenters. The average Bonchev–Trinajstić information content (AvgIpc) is 3.35. The van der Waals surface area contributed by atoms with Crippen LogP contribution in [0.3, 0.4) is 0 Å². The summed E-state index contributed by atoms with van der Waals surface area (Å²) in [6.07, 6.45) is 4.35. The van der Waals surface area contributed by atoms with Crippen molar-refractivity contribution in [3.63, 3.8) is 0 Å². The number of nitrogens with one attached hydrogen (secondary N) is 1. The third-order valence-electron chi connectivity index (χ3n) is 3.60. The molecule has 26 heavy (non-hydrogen) atoms. The molecular formula is C16H19N5O3S2. The van der Waals surface area contributed by atoms with Crippen LogP contribution in [0.2, 0.25) is 0 Å². The fourth-order valence-corrected chi connectivity index (χ4v) is 3.71. The Labute approximate surface area is 157 Å². The molecule has 0 saturated carbocycles. The van der Waals surface area contributed by atoms with Gasteiger partial charge in [-0.1, -0.05) is 37.2 Å². The van der Waals surface area contributed by atoms with E-state index in [-0.39, 0.29) is 24.8 Å². The van der Waals surface area contributed by atoms with E-state index in [0.717, 1.165) is 40.2 Å². The van der Waals surface area contributed by atoms with Crippen molar-refractivity contribution in [3.8, 4) is 10.8 Å². The number of aromatic nitrogens is 4. The maximum absolute atomic E-state index is 12.1. The van der Waals surface area contributed by atoms with Crippen molar-refractivity contribution in [3.05, 3.63) is 33.1 Å². The van der Waals surface area contributed by atoms with Gasteiger partial charge in [-0.25, -0.2) is 4.79 Å². The van der Waals surface area contributed by atoms with Crippen LogP contribution >= 0.6 is 22.7 Å². The molecule has 138 valence electrons. The first-order valence-corrected chi connectivity index (χ1v) is 10.1. The molecule has 1 amide bonds. The number of carbonyl (C=O) groups is 1. The first-order chi connectivity index (χ1) is 12.7. The van der Waals surface area contributed by atoms with Gasteiger partial charge < -0.3 is 9.73 Å². The highest BCUT2D eigenvalue weighted by molar-refractivity contribution is 7.15. The van der Waals surface area contributed by atoms with Crippen molar-refractivity contribution in [2.45, 2.75) is 45.6 Å². The Bertz CT molecular complexity index is 897. The van der Waals surface area contributed by atoms with Gasteiger partial charge >= 0.3 is 5.76 Å². The zero-order valence-electron chi connectivity index (χ0n) is 14.3. The second kappa shape index (κ2) is 8.86. The number of hydrogen-bond donors (Lipinski definition) is 1. The normalized spacial score (nSPS) is 11.0. The van der Waals surface area contributed by atoms with E-state index in [1.165, 1.54) is 22.7 Å². The Morgan fingerprint density at radius 1 is 1.35 bits per heavy atom. The highest BCUT2D eigenvalue weighted by atomic mass is 32.1. The molecule has 0 radical (unpaired) electrons. The largest absolute Gasteiger partial charge is 0.437 e. The van der Waals surface area contributed by atoms with Crippen LogP contribution in [0, 0.1) is 0 Å². The quantitative estimate of drug-likeness (QED) is 0.560. The number of nitrogens with zero attached hydrogens (tertiary/aromatic N) is 4. The van der Waals surface area contributed by atoms with Crippen molar-refractivity contribution in [2.75, 3.05) is 5.32 Å². The van der Waals surface area contributed by atoms with E-state index in [1.54, 1.807) is 0 Å². The summed E-state index contributed by atoms with van der Waals surface area (Å²) in [7, 11) is 0. The lowest BCUT2D eigenvalue weighted by Gasteiger charge is -2.00. The number of carbonyl (C=O) groups excluding carboxylic acids is 1. The molecule has 0 aliphatic carbocycles. The monoisotopic (exact) mass is 393 g/mol. The summed E-state index contributed by atoms with van der Waals surface area (Å²) in [5.41, 5.74) is 0. The van der Waals surface area contributed by atoms with E-state index in [0.29, 0.717) is 5.13 Å². The minimum Gasteiger partial charge on any atom is -0.387 e. The lowest BCUT2D eigenvalue weighted by molar-refractivity contribution is -0.116. The highest BCUT2D eigenvalue weighted by Crippen LogP contribution is 2.21. The molecule has 0 aliphatic heterocycles. The van der Waals surface area contributed by atoms with Crippen LogP contribution < -0.4 is 11.1 Å². The van der Waals surface area contributed by atoms with Crippen LogP contribution in [0.25, 0.3) is 10.8 Å². The van der Waals surface area contributed by atoms with Crippen LogP contribution in [-0.4, -0.2) is 25.9 Å². The number of amides is 1. The maximum Gasteiger partial charge on any atom is 0.437 e. The number of unbranched alkanes of at least 4 members (excludes halogenated alkanes) is 2. The van der Waals surface area contributed by atoms with Crippen molar-refractivity contribution in [1.82, 2.24) is 20.0 Å². The van der Waals surface area contributed by atoms with Gasteiger partial charge in [0, 0.05) is 12.8 Å². The van der Waals surface area contributed by atoms with Crippen LogP contribution in [0.4, 0.5) is 5.13 Å². The van der Waals surface area contributed by atoms with E-state index < -0.39 is 5.76 Å². The molecule has 0 bridgehead atoms. The zero-order chi connectivity index (χ0) is 18.4. The lowest BCUT2D eigenvalue weighted by Crippen LogP contribution is -2.20. The predicted octanol–water partition coefficient (Wildman–Crippen LogP) is 3.18. The first-order valence-electron chi connectivity index (χ1n) is 8.39. The van der Waals surface area contributed by atoms with E-state index in [1.807, 2.05) is 17.5 Å². The summed E-state index contributed by atoms with van der Waals surface area (Å²) in [6, 6.07) is 3.67. The fourth-order valence-electron chi connectivity index (χ4n) is 2.27. The maximum atomic E-state index is 12.1. The third-order valence-corrected chi connectivity index (χ3v) is 5.35. The molecule has 3 aromatic rings. The average molecular weight is 393 g/mol. The molecule has 8 nitrogen and oxygen atoms in total. The number of anilines is 1. The van der Waals surface area contributed by atoms with Gasteiger partial charge in [0.25, 0.3) is 5.89 Å². The Hall–Kier alpha value is -2.33. The van der Waals surface area contributed by atoms with Crippen LogP contribution in [0.1, 0.15) is 37.6 Å². The summed E-state index contributed by atoms with van der Waals surface area (Å²) >= 11 is 2.82. The summed E-state index contributed by atoms with van der Waals surface area (Å²) in [5.74, 6) is -0.546. The van der Waals surface area contributed by atoms with Crippen LogP contribution in [0.5, 0.6) is 0 Å². The van der Waals surface area contributed by atoms with Crippen molar-refractivity contribution in [2.24, 2.45) is 0 Å².